The van der Waals surface area contributed by atoms with Crippen molar-refractivity contribution in [2.75, 3.05) is 6.54 Å². The summed E-state index contributed by atoms with van der Waals surface area (Å²) in [6, 6.07) is 4.59. The van der Waals surface area contributed by atoms with Gasteiger partial charge in [-0.3, -0.25) is 9.78 Å². The van der Waals surface area contributed by atoms with E-state index < -0.39 is 11.7 Å². The first-order valence-electron chi connectivity index (χ1n) is 8.93. The van der Waals surface area contributed by atoms with Gasteiger partial charge in [0, 0.05) is 41.4 Å². The number of alkyl halides is 3. The molecular formula is C20H19Cl2F3N2O. The second-order valence-electron chi connectivity index (χ2n) is 6.89. The fourth-order valence-electron chi connectivity index (χ4n) is 3.39. The smallest absolute Gasteiger partial charge is 0.338 e. The van der Waals surface area contributed by atoms with Crippen LogP contribution in [0.3, 0.4) is 0 Å². The van der Waals surface area contributed by atoms with Gasteiger partial charge in [0.1, 0.15) is 0 Å². The molecule has 8 heteroatoms. The number of hydrogen-bond donors (Lipinski definition) is 0. The summed E-state index contributed by atoms with van der Waals surface area (Å²) >= 11 is 12.5. The van der Waals surface area contributed by atoms with Crippen LogP contribution < -0.4 is 0 Å². The van der Waals surface area contributed by atoms with Crippen molar-refractivity contribution in [1.29, 1.82) is 0 Å². The van der Waals surface area contributed by atoms with Crippen LogP contribution in [0.4, 0.5) is 13.2 Å². The highest BCUT2D eigenvalue weighted by molar-refractivity contribution is 6.34. The first kappa shape index (κ1) is 20.9. The van der Waals surface area contributed by atoms with Gasteiger partial charge in [-0.1, -0.05) is 23.2 Å². The third-order valence-electron chi connectivity index (χ3n) is 4.97. The topological polar surface area (TPSA) is 33.2 Å². The number of rotatable bonds is 4. The van der Waals surface area contributed by atoms with Crippen LogP contribution in [0.2, 0.25) is 10.0 Å². The van der Waals surface area contributed by atoms with Crippen molar-refractivity contribution in [3.63, 3.8) is 0 Å². The molecule has 1 aliphatic heterocycles. The Morgan fingerprint density at radius 1 is 1.21 bits per heavy atom. The van der Waals surface area contributed by atoms with Gasteiger partial charge in [0.05, 0.1) is 5.56 Å². The van der Waals surface area contributed by atoms with Gasteiger partial charge in [-0.25, -0.2) is 0 Å². The lowest BCUT2D eigenvalue weighted by Gasteiger charge is -2.30. The predicted molar refractivity (Wildman–Crippen MR) is 102 cm³/mol. The number of amides is 1. The van der Waals surface area contributed by atoms with Gasteiger partial charge in [0.2, 0.25) is 5.91 Å². The molecule has 2 heterocycles. The number of hydrogen-bond acceptors (Lipinski definition) is 2. The molecule has 3 rings (SSSR count). The summed E-state index contributed by atoms with van der Waals surface area (Å²) in [6.45, 7) is 2.60. The minimum absolute atomic E-state index is 0.00810. The summed E-state index contributed by atoms with van der Waals surface area (Å²) in [6.07, 6.45) is -1.63. The number of fused-ring (bicyclic) bond motifs is 1. The van der Waals surface area contributed by atoms with E-state index in [2.05, 4.69) is 4.98 Å². The minimum atomic E-state index is -4.40. The Morgan fingerprint density at radius 3 is 2.54 bits per heavy atom. The zero-order valence-corrected chi connectivity index (χ0v) is 16.8. The minimum Gasteiger partial charge on any atom is -0.338 e. The van der Waals surface area contributed by atoms with E-state index in [4.69, 9.17) is 23.2 Å². The van der Waals surface area contributed by atoms with Gasteiger partial charge in [-0.15, -0.1) is 0 Å². The molecule has 2 aromatic rings. The Balaban J connectivity index is 1.57. The van der Waals surface area contributed by atoms with Crippen LogP contribution in [0.5, 0.6) is 0 Å². The highest BCUT2D eigenvalue weighted by atomic mass is 35.5. The van der Waals surface area contributed by atoms with Crippen molar-refractivity contribution in [2.24, 2.45) is 0 Å². The van der Waals surface area contributed by atoms with Gasteiger partial charge in [-0.05, 0) is 61.1 Å². The summed E-state index contributed by atoms with van der Waals surface area (Å²) in [5.41, 5.74) is 2.18. The quantitative estimate of drug-likeness (QED) is 0.630. The van der Waals surface area contributed by atoms with Gasteiger partial charge in [-0.2, -0.15) is 13.2 Å². The molecule has 0 atom stereocenters. The van der Waals surface area contributed by atoms with Crippen LogP contribution in [-0.2, 0) is 30.4 Å². The number of halogens is 5. The van der Waals surface area contributed by atoms with Crippen molar-refractivity contribution in [3.05, 3.63) is 62.4 Å². The Kier molecular flexibility index (Phi) is 6.20. The molecule has 0 saturated carbocycles. The first-order valence-corrected chi connectivity index (χ1v) is 9.68. The van der Waals surface area contributed by atoms with Crippen molar-refractivity contribution < 1.29 is 18.0 Å². The van der Waals surface area contributed by atoms with Gasteiger partial charge in [0.15, 0.2) is 0 Å². The van der Waals surface area contributed by atoms with Crippen LogP contribution in [0.15, 0.2) is 24.4 Å². The van der Waals surface area contributed by atoms with E-state index in [1.54, 1.807) is 24.0 Å². The highest BCUT2D eigenvalue weighted by Crippen LogP contribution is 2.32. The van der Waals surface area contributed by atoms with E-state index in [1.807, 2.05) is 0 Å². The van der Waals surface area contributed by atoms with E-state index in [-0.39, 0.29) is 5.91 Å². The molecule has 1 aromatic carbocycles. The molecule has 1 amide bonds. The summed E-state index contributed by atoms with van der Waals surface area (Å²) in [7, 11) is 0. The third kappa shape index (κ3) is 4.61. The van der Waals surface area contributed by atoms with E-state index in [0.29, 0.717) is 60.1 Å². The zero-order chi connectivity index (χ0) is 20.5. The molecule has 0 N–H and O–H groups in total. The maximum absolute atomic E-state index is 12.7. The van der Waals surface area contributed by atoms with Gasteiger partial charge in [0.25, 0.3) is 0 Å². The number of aromatic nitrogens is 1. The lowest BCUT2D eigenvalue weighted by atomic mass is 9.99. The molecule has 0 radical (unpaired) electrons. The van der Waals surface area contributed by atoms with E-state index in [9.17, 15) is 18.0 Å². The summed E-state index contributed by atoms with van der Waals surface area (Å²) in [5.74, 6) is -0.00810. The Bertz CT molecular complexity index is 900. The van der Waals surface area contributed by atoms with E-state index >= 15 is 0 Å². The van der Waals surface area contributed by atoms with Crippen molar-refractivity contribution in [1.82, 2.24) is 9.88 Å². The molecule has 1 aromatic heterocycles. The van der Waals surface area contributed by atoms with E-state index in [0.717, 1.165) is 23.4 Å². The normalized spacial score (nSPS) is 14.1. The molecule has 0 aliphatic carbocycles. The molecule has 0 unspecified atom stereocenters. The molecule has 0 fully saturated rings. The average molecular weight is 431 g/mol. The number of benzene rings is 1. The number of carbonyl (C=O) groups excluding carboxylic acids is 1. The van der Waals surface area contributed by atoms with Crippen molar-refractivity contribution >= 4 is 29.1 Å². The fraction of sp³-hybridized carbons (Fsp3) is 0.400. The third-order valence-corrected chi connectivity index (χ3v) is 5.68. The Labute approximate surface area is 171 Å². The lowest BCUT2D eigenvalue weighted by molar-refractivity contribution is -0.138. The van der Waals surface area contributed by atoms with Crippen LogP contribution in [0.1, 0.15) is 40.8 Å². The SMILES string of the molecule is Cc1cc(C(F)(F)F)cnc1CCCC(=O)N1CCc2c(Cl)ccc(Cl)c2C1. The maximum atomic E-state index is 12.7. The first-order chi connectivity index (χ1) is 13.2. The lowest BCUT2D eigenvalue weighted by Crippen LogP contribution is -2.36. The summed E-state index contributed by atoms with van der Waals surface area (Å²) in [4.78, 5) is 18.2. The van der Waals surface area contributed by atoms with Gasteiger partial charge >= 0.3 is 6.18 Å². The number of nitrogens with zero attached hydrogens (tertiary/aromatic N) is 2. The van der Waals surface area contributed by atoms with Crippen LogP contribution in [0.25, 0.3) is 0 Å². The largest absolute Gasteiger partial charge is 0.417 e. The zero-order valence-electron chi connectivity index (χ0n) is 15.2. The summed E-state index contributed by atoms with van der Waals surface area (Å²) in [5, 5.41) is 1.26. The molecular weight excluding hydrogens is 412 g/mol. The Hall–Kier alpha value is -1.79. The molecule has 0 bridgehead atoms. The fourth-order valence-corrected chi connectivity index (χ4v) is 3.90. The highest BCUT2D eigenvalue weighted by Gasteiger charge is 2.31. The second kappa shape index (κ2) is 8.29. The van der Waals surface area contributed by atoms with Crippen LogP contribution in [0, 0.1) is 6.92 Å². The molecule has 0 saturated heterocycles. The molecule has 150 valence electrons. The summed E-state index contributed by atoms with van der Waals surface area (Å²) < 4.78 is 38.1. The number of carbonyl (C=O) groups is 1. The standard InChI is InChI=1S/C20H19Cl2F3N2O/c1-12-9-13(20(23,24)25)10-26-18(12)3-2-4-19(28)27-8-7-14-15(11-27)17(22)6-5-16(14)21/h5-6,9-10H,2-4,7-8,11H2,1H3. The molecule has 28 heavy (non-hydrogen) atoms. The number of aryl methyl sites for hydroxylation is 2. The van der Waals surface area contributed by atoms with E-state index in [1.165, 1.54) is 0 Å². The molecule has 1 aliphatic rings. The maximum Gasteiger partial charge on any atom is 0.417 e. The average Bonchev–Trinajstić information content (AvgIpc) is 2.65. The van der Waals surface area contributed by atoms with Crippen LogP contribution >= 0.6 is 23.2 Å². The second-order valence-corrected chi connectivity index (χ2v) is 7.70. The number of pyridine rings is 1. The molecule has 3 nitrogen and oxygen atoms in total. The monoisotopic (exact) mass is 430 g/mol. The van der Waals surface area contributed by atoms with Gasteiger partial charge < -0.3 is 4.90 Å². The van der Waals surface area contributed by atoms with Crippen molar-refractivity contribution in [3.8, 4) is 0 Å². The Morgan fingerprint density at radius 2 is 1.89 bits per heavy atom. The molecule has 0 spiro atoms. The van der Waals surface area contributed by atoms with Crippen molar-refractivity contribution in [2.45, 2.75) is 45.3 Å². The predicted octanol–water partition coefficient (Wildman–Crippen LogP) is 5.62. The van der Waals surface area contributed by atoms with Crippen LogP contribution in [-0.4, -0.2) is 22.3 Å².